The van der Waals surface area contributed by atoms with Crippen LogP contribution in [0, 0.1) is 0 Å². The molecule has 0 radical (unpaired) electrons. The van der Waals surface area contributed by atoms with Crippen molar-refractivity contribution in [1.29, 1.82) is 0 Å². The molecule has 2 heterocycles. The average molecular weight is 274 g/mol. The molecule has 2 atom stereocenters. The molecule has 7 nitrogen and oxygen atoms in total. The predicted octanol–water partition coefficient (Wildman–Crippen LogP) is -0.892. The van der Waals surface area contributed by atoms with Crippen LogP contribution in [-0.4, -0.2) is 52.7 Å². The molecule has 2 N–H and O–H groups in total. The maximum absolute atomic E-state index is 11.4. The van der Waals surface area contributed by atoms with E-state index in [-0.39, 0.29) is 11.5 Å². The third-order valence-electron chi connectivity index (χ3n) is 2.92. The Morgan fingerprint density at radius 2 is 2.33 bits per heavy atom. The lowest BCUT2D eigenvalue weighted by atomic mass is 10.2. The first-order chi connectivity index (χ1) is 8.52. The second kappa shape index (κ2) is 5.33. The van der Waals surface area contributed by atoms with Crippen LogP contribution in [0.1, 0.15) is 25.1 Å². The first kappa shape index (κ1) is 13.4. The van der Waals surface area contributed by atoms with E-state index < -0.39 is 22.0 Å². The first-order valence-corrected chi connectivity index (χ1v) is 7.84. The van der Waals surface area contributed by atoms with Crippen LogP contribution in [0.3, 0.4) is 0 Å². The van der Waals surface area contributed by atoms with Gasteiger partial charge in [0.2, 0.25) is 0 Å². The number of sulfone groups is 1. The van der Waals surface area contributed by atoms with Crippen LogP contribution in [0.15, 0.2) is 6.20 Å². The number of aliphatic hydroxyl groups is 1. The van der Waals surface area contributed by atoms with Crippen molar-refractivity contribution in [3.63, 3.8) is 0 Å². The van der Waals surface area contributed by atoms with Crippen LogP contribution in [0.5, 0.6) is 0 Å². The lowest BCUT2D eigenvalue weighted by molar-refractivity contribution is 0.145. The van der Waals surface area contributed by atoms with Gasteiger partial charge in [-0.25, -0.2) is 13.1 Å². The number of nitrogens with zero attached hydrogens (tertiary/aromatic N) is 3. The number of hydrogen-bond acceptors (Lipinski definition) is 6. The lowest BCUT2D eigenvalue weighted by Gasteiger charge is -2.11. The zero-order valence-electron chi connectivity index (χ0n) is 10.3. The van der Waals surface area contributed by atoms with E-state index in [1.54, 1.807) is 6.20 Å². The van der Waals surface area contributed by atoms with E-state index in [2.05, 4.69) is 22.6 Å². The summed E-state index contributed by atoms with van der Waals surface area (Å²) in [5, 5.41) is 20.8. The van der Waals surface area contributed by atoms with Crippen LogP contribution in [0.4, 0.5) is 0 Å². The van der Waals surface area contributed by atoms with E-state index in [1.165, 1.54) is 4.68 Å². The fourth-order valence-electron chi connectivity index (χ4n) is 2.01. The van der Waals surface area contributed by atoms with Gasteiger partial charge >= 0.3 is 0 Å². The van der Waals surface area contributed by atoms with Crippen molar-refractivity contribution in [2.75, 3.05) is 18.1 Å². The van der Waals surface area contributed by atoms with E-state index in [4.69, 9.17) is 0 Å². The van der Waals surface area contributed by atoms with Gasteiger partial charge in [0.1, 0.15) is 0 Å². The fourth-order valence-corrected chi connectivity index (χ4v) is 3.79. The predicted molar refractivity (Wildman–Crippen MR) is 65.7 cm³/mol. The van der Waals surface area contributed by atoms with Crippen molar-refractivity contribution < 1.29 is 13.5 Å². The summed E-state index contributed by atoms with van der Waals surface area (Å²) in [7, 11) is -3.16. The number of nitrogens with one attached hydrogen (secondary N) is 1. The van der Waals surface area contributed by atoms with Crippen LogP contribution >= 0.6 is 0 Å². The number of rotatable bonds is 5. The van der Waals surface area contributed by atoms with Crippen molar-refractivity contribution in [3.05, 3.63) is 11.9 Å². The van der Waals surface area contributed by atoms with Gasteiger partial charge in [-0.1, -0.05) is 12.1 Å². The summed E-state index contributed by atoms with van der Waals surface area (Å²) in [5.74, 6) is -0.264. The number of hydrogen-bond donors (Lipinski definition) is 2. The third-order valence-corrected chi connectivity index (χ3v) is 4.62. The minimum absolute atomic E-state index is 0.0701. The number of aliphatic hydroxyl groups excluding tert-OH is 1. The van der Waals surface area contributed by atoms with Gasteiger partial charge in [-0.3, -0.25) is 0 Å². The molecule has 1 aromatic heterocycles. The summed E-state index contributed by atoms with van der Waals surface area (Å²) in [4.78, 5) is 0. The maximum atomic E-state index is 11.4. The summed E-state index contributed by atoms with van der Waals surface area (Å²) in [6.07, 6.45) is 1.83. The Hall–Kier alpha value is -0.990. The van der Waals surface area contributed by atoms with Gasteiger partial charge in [-0.05, 0) is 13.0 Å². The normalized spacial score (nSPS) is 26.6. The molecule has 2 rings (SSSR count). The van der Waals surface area contributed by atoms with Crippen molar-refractivity contribution in [3.8, 4) is 0 Å². The molecule has 1 saturated heterocycles. The minimum Gasteiger partial charge on any atom is -0.390 e. The Morgan fingerprint density at radius 3 is 2.94 bits per heavy atom. The molecule has 1 aromatic rings. The summed E-state index contributed by atoms with van der Waals surface area (Å²) in [6.45, 7) is 3.57. The minimum atomic E-state index is -3.16. The summed E-state index contributed by atoms with van der Waals surface area (Å²) >= 11 is 0. The fraction of sp³-hybridized carbons (Fsp3) is 0.800. The van der Waals surface area contributed by atoms with Gasteiger partial charge in [0.25, 0.3) is 0 Å². The zero-order valence-corrected chi connectivity index (χ0v) is 11.1. The van der Waals surface area contributed by atoms with Crippen molar-refractivity contribution in [1.82, 2.24) is 20.3 Å². The van der Waals surface area contributed by atoms with E-state index in [9.17, 15) is 13.5 Å². The highest BCUT2D eigenvalue weighted by Gasteiger charge is 2.38. The Labute approximate surface area is 106 Å². The largest absolute Gasteiger partial charge is 0.390 e. The average Bonchev–Trinajstić information content (AvgIpc) is 2.83. The molecule has 0 saturated carbocycles. The molecule has 0 aromatic carbocycles. The Balaban J connectivity index is 2.02. The standard InChI is InChI=1S/C10H18N4O3S/c1-2-3-11-4-8-5-14(13-12-8)9-6-18(16,17)7-10(9)15/h5,9-11,15H,2-4,6-7H2,1H3. The molecule has 2 unspecified atom stereocenters. The highest BCUT2D eigenvalue weighted by atomic mass is 32.2. The quantitative estimate of drug-likeness (QED) is 0.676. The lowest BCUT2D eigenvalue weighted by Crippen LogP contribution is -2.22. The van der Waals surface area contributed by atoms with Crippen LogP contribution < -0.4 is 5.32 Å². The molecular weight excluding hydrogens is 256 g/mol. The van der Waals surface area contributed by atoms with Gasteiger partial charge in [0.05, 0.1) is 35.5 Å². The second-order valence-electron chi connectivity index (χ2n) is 4.58. The van der Waals surface area contributed by atoms with E-state index in [1.807, 2.05) is 0 Å². The molecule has 0 bridgehead atoms. The van der Waals surface area contributed by atoms with Gasteiger partial charge in [-0.15, -0.1) is 5.10 Å². The van der Waals surface area contributed by atoms with Crippen molar-refractivity contribution in [2.45, 2.75) is 32.0 Å². The first-order valence-electron chi connectivity index (χ1n) is 6.02. The molecular formula is C10H18N4O3S. The van der Waals surface area contributed by atoms with E-state index >= 15 is 0 Å². The topological polar surface area (TPSA) is 97.1 Å². The summed E-state index contributed by atoms with van der Waals surface area (Å²) < 4.78 is 24.3. The highest BCUT2D eigenvalue weighted by Crippen LogP contribution is 2.23. The molecule has 8 heteroatoms. The molecule has 1 aliphatic rings. The third kappa shape index (κ3) is 3.06. The van der Waals surface area contributed by atoms with Crippen molar-refractivity contribution >= 4 is 9.84 Å². The Morgan fingerprint density at radius 1 is 1.56 bits per heavy atom. The molecule has 0 spiro atoms. The molecule has 18 heavy (non-hydrogen) atoms. The van der Waals surface area contributed by atoms with Gasteiger partial charge in [-0.2, -0.15) is 0 Å². The highest BCUT2D eigenvalue weighted by molar-refractivity contribution is 7.91. The van der Waals surface area contributed by atoms with Crippen LogP contribution in [0.25, 0.3) is 0 Å². The van der Waals surface area contributed by atoms with Gasteiger partial charge in [0, 0.05) is 6.54 Å². The summed E-state index contributed by atoms with van der Waals surface area (Å²) in [6, 6.07) is -0.512. The second-order valence-corrected chi connectivity index (χ2v) is 6.73. The number of aromatic nitrogens is 3. The molecule has 1 fully saturated rings. The monoisotopic (exact) mass is 274 g/mol. The van der Waals surface area contributed by atoms with Crippen LogP contribution in [0.2, 0.25) is 0 Å². The van der Waals surface area contributed by atoms with Gasteiger partial charge in [0.15, 0.2) is 9.84 Å². The van der Waals surface area contributed by atoms with E-state index in [0.29, 0.717) is 6.54 Å². The Bertz CT molecular complexity index is 499. The smallest absolute Gasteiger partial charge is 0.155 e. The maximum Gasteiger partial charge on any atom is 0.155 e. The molecule has 0 amide bonds. The summed E-state index contributed by atoms with van der Waals surface area (Å²) in [5.41, 5.74) is 0.750. The zero-order chi connectivity index (χ0) is 13.2. The SMILES string of the molecule is CCCNCc1cn(C2CS(=O)(=O)CC2O)nn1. The molecule has 0 aliphatic carbocycles. The molecule has 102 valence electrons. The van der Waals surface area contributed by atoms with E-state index in [0.717, 1.165) is 18.7 Å². The van der Waals surface area contributed by atoms with Crippen molar-refractivity contribution in [2.24, 2.45) is 0 Å². The Kier molecular flexibility index (Phi) is 3.98. The van der Waals surface area contributed by atoms with Crippen LogP contribution in [-0.2, 0) is 16.4 Å². The molecule has 1 aliphatic heterocycles. The van der Waals surface area contributed by atoms with Gasteiger partial charge < -0.3 is 10.4 Å².